The zero-order valence-electron chi connectivity index (χ0n) is 10.2. The van der Waals surface area contributed by atoms with Gasteiger partial charge in [-0.2, -0.15) is 0 Å². The fourth-order valence-electron chi connectivity index (χ4n) is 0.920. The zero-order valence-corrected chi connectivity index (χ0v) is 10.2. The first-order valence-electron chi connectivity index (χ1n) is 5.31. The zero-order chi connectivity index (χ0) is 12.3. The van der Waals surface area contributed by atoms with Crippen molar-refractivity contribution in [2.24, 2.45) is 0 Å². The van der Waals surface area contributed by atoms with Gasteiger partial charge in [-0.15, -0.1) is 0 Å². The summed E-state index contributed by atoms with van der Waals surface area (Å²) in [6.45, 7) is 9.45. The predicted octanol–water partition coefficient (Wildman–Crippen LogP) is 3.75. The Morgan fingerprint density at radius 2 is 1.53 bits per heavy atom. The lowest BCUT2D eigenvalue weighted by Crippen LogP contribution is -1.97. The van der Waals surface area contributed by atoms with Crippen molar-refractivity contribution in [3.63, 3.8) is 0 Å². The van der Waals surface area contributed by atoms with Gasteiger partial charge in [-0.3, -0.25) is 9.59 Å². The van der Waals surface area contributed by atoms with Crippen LogP contribution >= 0.6 is 0 Å². The van der Waals surface area contributed by atoms with Crippen molar-refractivity contribution in [2.75, 3.05) is 0 Å². The summed E-state index contributed by atoms with van der Waals surface area (Å²) < 4.78 is 0. The van der Waals surface area contributed by atoms with Crippen LogP contribution < -0.4 is 0 Å². The number of hydrogen-bond donors (Lipinski definition) is 0. The van der Waals surface area contributed by atoms with Crippen molar-refractivity contribution in [3.8, 4) is 0 Å². The molecule has 0 aliphatic carbocycles. The number of Topliss-reactive ketones (excluding diaryl/α,β-unsaturated/α-hetero) is 1. The van der Waals surface area contributed by atoms with E-state index in [1.54, 1.807) is 24.3 Å². The Hall–Kier alpha value is -1.44. The quantitative estimate of drug-likeness (QED) is 0.548. The molecule has 1 aromatic carbocycles. The SMILES string of the molecule is CC.CC.CC(=O)c1ccccc1C=O. The number of rotatable bonds is 2. The van der Waals surface area contributed by atoms with Crippen LogP contribution in [-0.4, -0.2) is 12.1 Å². The van der Waals surface area contributed by atoms with Crippen LogP contribution in [0.2, 0.25) is 0 Å². The first-order chi connectivity index (χ1) is 7.25. The molecule has 84 valence electrons. The Morgan fingerprint density at radius 3 is 1.87 bits per heavy atom. The molecule has 0 aliphatic rings. The number of aldehydes is 1. The van der Waals surface area contributed by atoms with Gasteiger partial charge in [-0.1, -0.05) is 52.0 Å². The van der Waals surface area contributed by atoms with Gasteiger partial charge in [0.05, 0.1) is 0 Å². The van der Waals surface area contributed by atoms with E-state index in [1.165, 1.54) is 6.92 Å². The molecule has 0 saturated carbocycles. The number of ketones is 1. The van der Waals surface area contributed by atoms with E-state index in [0.29, 0.717) is 17.4 Å². The van der Waals surface area contributed by atoms with Gasteiger partial charge in [0.15, 0.2) is 12.1 Å². The molecule has 15 heavy (non-hydrogen) atoms. The summed E-state index contributed by atoms with van der Waals surface area (Å²) in [5.74, 6) is -0.0762. The predicted molar refractivity (Wildman–Crippen MR) is 64.5 cm³/mol. The lowest BCUT2D eigenvalue weighted by Gasteiger charge is -1.96. The van der Waals surface area contributed by atoms with E-state index >= 15 is 0 Å². The highest BCUT2D eigenvalue weighted by molar-refractivity contribution is 6.01. The fourth-order valence-corrected chi connectivity index (χ4v) is 0.920. The third kappa shape index (κ3) is 5.78. The van der Waals surface area contributed by atoms with E-state index < -0.39 is 0 Å². The van der Waals surface area contributed by atoms with Crippen LogP contribution in [0, 0.1) is 0 Å². The van der Waals surface area contributed by atoms with E-state index in [2.05, 4.69) is 0 Å². The molecule has 0 aliphatic heterocycles. The molecular weight excluding hydrogens is 188 g/mol. The Morgan fingerprint density at radius 1 is 1.07 bits per heavy atom. The molecule has 0 bridgehead atoms. The third-order valence-corrected chi connectivity index (χ3v) is 1.47. The molecule has 0 fully saturated rings. The minimum atomic E-state index is -0.0762. The lowest BCUT2D eigenvalue weighted by atomic mass is 10.1. The minimum absolute atomic E-state index is 0.0762. The van der Waals surface area contributed by atoms with Crippen LogP contribution in [0.3, 0.4) is 0 Å². The van der Waals surface area contributed by atoms with E-state index in [4.69, 9.17) is 0 Å². The van der Waals surface area contributed by atoms with Gasteiger partial charge in [0.25, 0.3) is 0 Å². The summed E-state index contributed by atoms with van der Waals surface area (Å²) in [6, 6.07) is 6.75. The van der Waals surface area contributed by atoms with Crippen LogP contribution in [0.15, 0.2) is 24.3 Å². The van der Waals surface area contributed by atoms with Gasteiger partial charge in [0.2, 0.25) is 0 Å². The minimum Gasteiger partial charge on any atom is -0.298 e. The summed E-state index contributed by atoms with van der Waals surface area (Å²) in [5, 5.41) is 0. The standard InChI is InChI=1S/C9H8O2.2C2H6/c1-7(11)9-5-3-2-4-8(9)6-10;2*1-2/h2-6H,1H3;2*1-2H3. The third-order valence-electron chi connectivity index (χ3n) is 1.47. The molecule has 0 radical (unpaired) electrons. The average Bonchev–Trinajstić information content (AvgIpc) is 2.34. The average molecular weight is 208 g/mol. The maximum atomic E-state index is 10.9. The molecule has 2 heteroatoms. The summed E-state index contributed by atoms with van der Waals surface area (Å²) in [5.41, 5.74) is 0.947. The molecule has 0 spiro atoms. The summed E-state index contributed by atoms with van der Waals surface area (Å²) >= 11 is 0. The van der Waals surface area contributed by atoms with Crippen molar-refractivity contribution in [2.45, 2.75) is 34.6 Å². The van der Waals surface area contributed by atoms with E-state index in [1.807, 2.05) is 27.7 Å². The molecule has 1 rings (SSSR count). The summed E-state index contributed by atoms with van der Waals surface area (Å²) in [7, 11) is 0. The number of benzene rings is 1. The molecule has 0 unspecified atom stereocenters. The van der Waals surface area contributed by atoms with Crippen LogP contribution in [0.25, 0.3) is 0 Å². The highest BCUT2D eigenvalue weighted by Crippen LogP contribution is 2.05. The fraction of sp³-hybridized carbons (Fsp3) is 0.385. The molecule has 0 amide bonds. The maximum Gasteiger partial charge on any atom is 0.160 e. The Labute approximate surface area is 92.3 Å². The van der Waals surface area contributed by atoms with E-state index in [9.17, 15) is 9.59 Å². The Bertz CT molecular complexity index is 290. The second-order valence-corrected chi connectivity index (χ2v) is 2.26. The monoisotopic (exact) mass is 208 g/mol. The first kappa shape index (κ1) is 16.0. The van der Waals surface area contributed by atoms with Gasteiger partial charge in [0, 0.05) is 11.1 Å². The maximum absolute atomic E-state index is 10.9. The van der Waals surface area contributed by atoms with Crippen LogP contribution in [0.4, 0.5) is 0 Å². The molecule has 1 aromatic rings. The highest BCUT2D eigenvalue weighted by atomic mass is 16.1. The molecule has 0 heterocycles. The van der Waals surface area contributed by atoms with Crippen molar-refractivity contribution < 1.29 is 9.59 Å². The summed E-state index contributed by atoms with van der Waals surface area (Å²) in [6.07, 6.45) is 0.691. The van der Waals surface area contributed by atoms with E-state index in [-0.39, 0.29) is 5.78 Å². The molecule has 0 N–H and O–H groups in total. The van der Waals surface area contributed by atoms with Gasteiger partial charge in [0.1, 0.15) is 0 Å². The Balaban J connectivity index is 0. The van der Waals surface area contributed by atoms with Crippen molar-refractivity contribution in [1.29, 1.82) is 0 Å². The van der Waals surface area contributed by atoms with Crippen molar-refractivity contribution in [1.82, 2.24) is 0 Å². The molecular formula is C13H20O2. The topological polar surface area (TPSA) is 34.1 Å². The van der Waals surface area contributed by atoms with Crippen LogP contribution in [0.5, 0.6) is 0 Å². The van der Waals surface area contributed by atoms with Gasteiger partial charge >= 0.3 is 0 Å². The smallest absolute Gasteiger partial charge is 0.160 e. The highest BCUT2D eigenvalue weighted by Gasteiger charge is 2.03. The molecule has 2 nitrogen and oxygen atoms in total. The number of carbonyl (C=O) groups is 2. The lowest BCUT2D eigenvalue weighted by molar-refractivity contribution is 0.101. The largest absolute Gasteiger partial charge is 0.298 e. The molecule has 0 atom stereocenters. The van der Waals surface area contributed by atoms with E-state index in [0.717, 1.165) is 0 Å². The van der Waals surface area contributed by atoms with Crippen LogP contribution in [-0.2, 0) is 0 Å². The first-order valence-corrected chi connectivity index (χ1v) is 5.31. The molecule has 0 aromatic heterocycles. The number of hydrogen-bond acceptors (Lipinski definition) is 2. The second kappa shape index (κ2) is 10.6. The van der Waals surface area contributed by atoms with Gasteiger partial charge < -0.3 is 0 Å². The van der Waals surface area contributed by atoms with Crippen molar-refractivity contribution >= 4 is 12.1 Å². The summed E-state index contributed by atoms with van der Waals surface area (Å²) in [4.78, 5) is 21.2. The second-order valence-electron chi connectivity index (χ2n) is 2.26. The van der Waals surface area contributed by atoms with Gasteiger partial charge in [-0.25, -0.2) is 0 Å². The van der Waals surface area contributed by atoms with Crippen molar-refractivity contribution in [3.05, 3.63) is 35.4 Å². The van der Waals surface area contributed by atoms with Gasteiger partial charge in [-0.05, 0) is 6.92 Å². The number of carbonyl (C=O) groups excluding carboxylic acids is 2. The van der Waals surface area contributed by atoms with Crippen LogP contribution in [0.1, 0.15) is 55.3 Å². The normalized spacial score (nSPS) is 7.53. The Kier molecular flexibility index (Phi) is 11.4. The molecule has 0 saturated heterocycles.